The Kier molecular flexibility index (Phi) is 6.19. The predicted molar refractivity (Wildman–Crippen MR) is 106 cm³/mol. The number of nitrogens with one attached hydrogen (secondary N) is 1. The van der Waals surface area contributed by atoms with Crippen LogP contribution in [0.25, 0.3) is 0 Å². The van der Waals surface area contributed by atoms with Crippen molar-refractivity contribution in [1.29, 1.82) is 0 Å². The minimum atomic E-state index is -1.05. The van der Waals surface area contributed by atoms with Gasteiger partial charge in [-0.05, 0) is 24.3 Å². The molecule has 30 heavy (non-hydrogen) atoms. The molecule has 160 valence electrons. The Morgan fingerprint density at radius 3 is 2.43 bits per heavy atom. The van der Waals surface area contributed by atoms with Crippen LogP contribution >= 0.6 is 0 Å². The number of hydrogen-bond donors (Lipinski definition) is 2. The van der Waals surface area contributed by atoms with E-state index in [1.807, 2.05) is 30.3 Å². The molecule has 2 aromatic rings. The second-order valence-electron chi connectivity index (χ2n) is 7.23. The van der Waals surface area contributed by atoms with Gasteiger partial charge in [-0.25, -0.2) is 0 Å². The Morgan fingerprint density at radius 1 is 1.07 bits per heavy atom. The van der Waals surface area contributed by atoms with E-state index in [0.717, 1.165) is 5.56 Å². The molecular weight excluding hydrogens is 390 g/mol. The first-order valence-corrected chi connectivity index (χ1v) is 9.78. The molecule has 2 saturated heterocycles. The lowest BCUT2D eigenvalue weighted by atomic mass is 9.95. The lowest BCUT2D eigenvalue weighted by Gasteiger charge is -2.47. The van der Waals surface area contributed by atoms with Crippen LogP contribution in [0, 0.1) is 0 Å². The molecular formula is C22H25NO7. The second-order valence-corrected chi connectivity index (χ2v) is 7.23. The van der Waals surface area contributed by atoms with Gasteiger partial charge in [0.1, 0.15) is 35.9 Å². The minimum Gasteiger partial charge on any atom is -0.497 e. The summed E-state index contributed by atoms with van der Waals surface area (Å²) in [5.74, 6) is 0.893. The fourth-order valence-electron chi connectivity index (χ4n) is 3.65. The van der Waals surface area contributed by atoms with Gasteiger partial charge in [0.05, 0.1) is 13.7 Å². The van der Waals surface area contributed by atoms with Crippen molar-refractivity contribution < 1.29 is 33.6 Å². The second kappa shape index (κ2) is 9.01. The van der Waals surface area contributed by atoms with Crippen LogP contribution in [0.2, 0.25) is 0 Å². The molecule has 2 aliphatic rings. The minimum absolute atomic E-state index is 0.219. The quantitative estimate of drug-likeness (QED) is 0.769. The smallest absolute Gasteiger partial charge is 0.223 e. The number of carbonyl (C=O) groups is 1. The third-order valence-corrected chi connectivity index (χ3v) is 5.12. The fourth-order valence-corrected chi connectivity index (χ4v) is 3.65. The molecule has 1 amide bonds. The Balaban J connectivity index is 1.51. The van der Waals surface area contributed by atoms with Crippen LogP contribution in [-0.4, -0.2) is 55.4 Å². The molecule has 8 nitrogen and oxygen atoms in total. The van der Waals surface area contributed by atoms with Gasteiger partial charge in [-0.3, -0.25) is 4.79 Å². The molecule has 2 heterocycles. The Morgan fingerprint density at radius 2 is 1.77 bits per heavy atom. The number of benzene rings is 2. The molecule has 0 spiro atoms. The molecule has 0 aromatic heterocycles. The maximum absolute atomic E-state index is 11.8. The summed E-state index contributed by atoms with van der Waals surface area (Å²) in [5.41, 5.74) is 0.843. The van der Waals surface area contributed by atoms with E-state index in [1.165, 1.54) is 6.92 Å². The number of amides is 1. The van der Waals surface area contributed by atoms with Crippen molar-refractivity contribution in [3.05, 3.63) is 60.2 Å². The Hall–Kier alpha value is -2.65. The van der Waals surface area contributed by atoms with Crippen LogP contribution in [0.1, 0.15) is 18.8 Å². The van der Waals surface area contributed by atoms with E-state index in [1.54, 1.807) is 31.4 Å². The molecule has 0 unspecified atom stereocenters. The zero-order valence-corrected chi connectivity index (χ0v) is 16.8. The molecule has 2 N–H and O–H groups in total. The lowest BCUT2D eigenvalue weighted by molar-refractivity contribution is -0.333. The third kappa shape index (κ3) is 4.41. The van der Waals surface area contributed by atoms with Gasteiger partial charge in [-0.2, -0.15) is 0 Å². The number of methoxy groups -OCH3 is 1. The van der Waals surface area contributed by atoms with Gasteiger partial charge >= 0.3 is 0 Å². The first-order chi connectivity index (χ1) is 14.5. The number of rotatable bonds is 5. The summed E-state index contributed by atoms with van der Waals surface area (Å²) in [4.78, 5) is 11.8. The molecule has 0 aliphatic carbocycles. The van der Waals surface area contributed by atoms with Gasteiger partial charge in [0.2, 0.25) is 12.2 Å². The molecule has 4 rings (SSSR count). The number of aliphatic hydroxyl groups is 1. The van der Waals surface area contributed by atoms with Gasteiger partial charge in [0, 0.05) is 12.5 Å². The SMILES string of the molecule is COc1ccc(O[C@@H]2O[C@@H]3CO[C@@H](c4ccccc4)O[C@@H]3[C@@H](O)[C@@H]2NC(C)=O)cc1. The summed E-state index contributed by atoms with van der Waals surface area (Å²) in [6.45, 7) is 1.59. The first kappa shape index (κ1) is 20.6. The molecule has 2 aliphatic heterocycles. The summed E-state index contributed by atoms with van der Waals surface area (Å²) < 4.78 is 28.9. The van der Waals surface area contributed by atoms with Gasteiger partial charge in [-0.1, -0.05) is 30.3 Å². The molecule has 0 bridgehead atoms. The molecule has 8 heteroatoms. The van der Waals surface area contributed by atoms with Crippen LogP contribution in [0.3, 0.4) is 0 Å². The highest BCUT2D eigenvalue weighted by Crippen LogP contribution is 2.35. The van der Waals surface area contributed by atoms with Crippen molar-refractivity contribution in [2.45, 2.75) is 43.9 Å². The fraction of sp³-hybridized carbons (Fsp3) is 0.409. The van der Waals surface area contributed by atoms with Gasteiger partial charge in [-0.15, -0.1) is 0 Å². The topological polar surface area (TPSA) is 95.5 Å². The van der Waals surface area contributed by atoms with E-state index in [-0.39, 0.29) is 12.5 Å². The molecule has 2 fully saturated rings. The van der Waals surface area contributed by atoms with Crippen LogP contribution < -0.4 is 14.8 Å². The zero-order chi connectivity index (χ0) is 21.1. The van der Waals surface area contributed by atoms with Crippen LogP contribution in [0.5, 0.6) is 11.5 Å². The Bertz CT molecular complexity index is 844. The molecule has 2 aromatic carbocycles. The highest BCUT2D eigenvalue weighted by Gasteiger charge is 2.50. The number of carbonyl (C=O) groups excluding carboxylic acids is 1. The number of hydrogen-bond acceptors (Lipinski definition) is 7. The van der Waals surface area contributed by atoms with Crippen molar-refractivity contribution in [2.24, 2.45) is 0 Å². The maximum atomic E-state index is 11.8. The number of fused-ring (bicyclic) bond motifs is 1. The van der Waals surface area contributed by atoms with Crippen LogP contribution in [0.4, 0.5) is 0 Å². The number of ether oxygens (including phenoxy) is 5. The van der Waals surface area contributed by atoms with Gasteiger partial charge in [0.15, 0.2) is 6.29 Å². The van der Waals surface area contributed by atoms with Gasteiger partial charge < -0.3 is 34.1 Å². The van der Waals surface area contributed by atoms with Crippen molar-refractivity contribution in [3.8, 4) is 11.5 Å². The monoisotopic (exact) mass is 415 g/mol. The van der Waals surface area contributed by atoms with Crippen molar-refractivity contribution in [1.82, 2.24) is 5.32 Å². The first-order valence-electron chi connectivity index (χ1n) is 9.78. The summed E-state index contributed by atoms with van der Waals surface area (Å²) in [5, 5.41) is 13.8. The maximum Gasteiger partial charge on any atom is 0.223 e. The largest absolute Gasteiger partial charge is 0.497 e. The predicted octanol–water partition coefficient (Wildman–Crippen LogP) is 1.78. The average molecular weight is 415 g/mol. The van der Waals surface area contributed by atoms with Crippen molar-refractivity contribution in [3.63, 3.8) is 0 Å². The van der Waals surface area contributed by atoms with Gasteiger partial charge in [0.25, 0.3) is 0 Å². The van der Waals surface area contributed by atoms with E-state index in [9.17, 15) is 9.90 Å². The standard InChI is InChI=1S/C22H25NO7/c1-13(24)23-18-19(25)20-17(12-27-21(30-20)14-6-4-3-5-7-14)29-22(18)28-16-10-8-15(26-2)9-11-16/h3-11,17-22,25H,12H2,1-2H3,(H,23,24)/t17-,18+,19+,20+,21-,22-/m1/s1. The number of aliphatic hydroxyl groups excluding tert-OH is 1. The van der Waals surface area contributed by atoms with E-state index < -0.39 is 36.9 Å². The lowest BCUT2D eigenvalue weighted by Crippen LogP contribution is -2.67. The third-order valence-electron chi connectivity index (χ3n) is 5.12. The van der Waals surface area contributed by atoms with Crippen molar-refractivity contribution >= 4 is 5.91 Å². The molecule has 0 radical (unpaired) electrons. The zero-order valence-electron chi connectivity index (χ0n) is 16.8. The van der Waals surface area contributed by atoms with E-state index >= 15 is 0 Å². The summed E-state index contributed by atoms with van der Waals surface area (Å²) in [7, 11) is 1.58. The van der Waals surface area contributed by atoms with E-state index in [2.05, 4.69) is 5.32 Å². The van der Waals surface area contributed by atoms with E-state index in [4.69, 9.17) is 23.7 Å². The van der Waals surface area contributed by atoms with E-state index in [0.29, 0.717) is 11.5 Å². The average Bonchev–Trinajstić information content (AvgIpc) is 2.77. The molecule has 0 saturated carbocycles. The highest BCUT2D eigenvalue weighted by molar-refractivity contribution is 5.73. The Labute approximate surface area is 174 Å². The normalized spacial score (nSPS) is 30.8. The van der Waals surface area contributed by atoms with Crippen LogP contribution in [0.15, 0.2) is 54.6 Å². The molecule has 6 atom stereocenters. The van der Waals surface area contributed by atoms with Crippen molar-refractivity contribution in [2.75, 3.05) is 13.7 Å². The van der Waals surface area contributed by atoms with Crippen LogP contribution in [-0.2, 0) is 19.0 Å². The summed E-state index contributed by atoms with van der Waals surface area (Å²) in [6.07, 6.45) is -3.82. The summed E-state index contributed by atoms with van der Waals surface area (Å²) in [6, 6.07) is 15.6. The summed E-state index contributed by atoms with van der Waals surface area (Å²) >= 11 is 0. The highest BCUT2D eigenvalue weighted by atomic mass is 16.7.